The lowest BCUT2D eigenvalue weighted by Gasteiger charge is -2.50. The number of phenols is 1. The molecule has 44 heavy (non-hydrogen) atoms. The van der Waals surface area contributed by atoms with Crippen molar-refractivity contribution in [3.05, 3.63) is 34.1 Å². The van der Waals surface area contributed by atoms with E-state index in [0.29, 0.717) is 24.6 Å². The topological polar surface area (TPSA) is 265 Å². The molecule has 1 aromatic rings. The van der Waals surface area contributed by atoms with Gasteiger partial charge in [-0.2, -0.15) is 8.42 Å². The SMILES string of the molecule is CCCN(CC(C)C)c1cc(N)c(O)c2c1CC1CC3[C@H](N(C)C)C(=O)C(C(N)=O)=C(O)[C@@]3(O)C(=O)C1=C2O.O=S(=O)(O)O. The molecule has 0 spiro atoms. The van der Waals surface area contributed by atoms with Gasteiger partial charge in [0.1, 0.15) is 22.8 Å². The number of benzene rings is 1. The van der Waals surface area contributed by atoms with Crippen LogP contribution in [-0.4, -0.2) is 99.2 Å². The molecule has 0 saturated heterocycles. The van der Waals surface area contributed by atoms with Gasteiger partial charge in [0.2, 0.25) is 5.78 Å². The second kappa shape index (κ2) is 12.4. The predicted octanol–water partition coefficient (Wildman–Crippen LogP) is 0.766. The van der Waals surface area contributed by atoms with Gasteiger partial charge in [0.25, 0.3) is 5.91 Å². The molecule has 1 fully saturated rings. The maximum Gasteiger partial charge on any atom is 0.394 e. The Morgan fingerprint density at radius 2 is 1.73 bits per heavy atom. The number of fused-ring (bicyclic) bond motifs is 3. The Morgan fingerprint density at radius 3 is 2.20 bits per heavy atom. The zero-order chi connectivity index (χ0) is 33.6. The molecule has 0 aliphatic heterocycles. The van der Waals surface area contributed by atoms with Crippen LogP contribution in [0.25, 0.3) is 5.76 Å². The summed E-state index contributed by atoms with van der Waals surface area (Å²) in [7, 11) is -1.53. The summed E-state index contributed by atoms with van der Waals surface area (Å²) >= 11 is 0. The minimum atomic E-state index is -4.67. The fourth-order valence-electron chi connectivity index (χ4n) is 6.62. The summed E-state index contributed by atoms with van der Waals surface area (Å²) in [4.78, 5) is 43.0. The van der Waals surface area contributed by atoms with Gasteiger partial charge in [-0.15, -0.1) is 0 Å². The van der Waals surface area contributed by atoms with Crippen LogP contribution in [0.5, 0.6) is 5.75 Å². The number of hydrogen-bond acceptors (Lipinski definition) is 12. The molecule has 4 rings (SSSR count). The van der Waals surface area contributed by atoms with Gasteiger partial charge in [0.15, 0.2) is 11.4 Å². The lowest BCUT2D eigenvalue weighted by Crippen LogP contribution is -2.65. The zero-order valence-electron chi connectivity index (χ0n) is 25.1. The van der Waals surface area contributed by atoms with E-state index in [1.807, 2.05) is 6.92 Å². The lowest BCUT2D eigenvalue weighted by molar-refractivity contribution is -0.153. The molecule has 4 atom stereocenters. The zero-order valence-corrected chi connectivity index (χ0v) is 25.9. The fraction of sp³-hybridized carbons (Fsp3) is 0.536. The predicted molar refractivity (Wildman–Crippen MR) is 160 cm³/mol. The number of phenolic OH excluding ortho intramolecular Hbond substituents is 1. The van der Waals surface area contributed by atoms with Crippen LogP contribution in [-0.2, 0) is 31.2 Å². The van der Waals surface area contributed by atoms with Crippen molar-refractivity contribution < 1.29 is 52.3 Å². The summed E-state index contributed by atoms with van der Waals surface area (Å²) in [5.74, 6) is -6.59. The Balaban J connectivity index is 0.000000978. The third-order valence-corrected chi connectivity index (χ3v) is 8.15. The maximum absolute atomic E-state index is 14.0. The number of nitrogens with two attached hydrogens (primary N) is 2. The molecule has 0 bridgehead atoms. The number of likely N-dealkylation sites (N-methyl/N-ethyl adjacent to an activating group) is 1. The van der Waals surface area contributed by atoms with Crippen LogP contribution in [0.1, 0.15) is 44.7 Å². The third kappa shape index (κ3) is 6.12. The number of carbonyl (C=O) groups is 3. The van der Waals surface area contributed by atoms with Gasteiger partial charge in [-0.25, -0.2) is 0 Å². The molecule has 1 amide bonds. The quantitative estimate of drug-likeness (QED) is 0.0885. The minimum Gasteiger partial charge on any atom is -0.508 e. The summed E-state index contributed by atoms with van der Waals surface area (Å²) < 4.78 is 31.6. The number of aliphatic hydroxyl groups is 3. The number of carbonyl (C=O) groups excluding carboxylic acids is 3. The summed E-state index contributed by atoms with van der Waals surface area (Å²) in [6.07, 6.45) is 1.09. The number of hydrogen-bond donors (Lipinski definition) is 8. The van der Waals surface area contributed by atoms with E-state index in [1.165, 1.54) is 4.90 Å². The van der Waals surface area contributed by atoms with Gasteiger partial charge in [-0.1, -0.05) is 20.8 Å². The van der Waals surface area contributed by atoms with E-state index in [2.05, 4.69) is 18.7 Å². The molecule has 2 unspecified atom stereocenters. The highest BCUT2D eigenvalue weighted by atomic mass is 32.3. The molecule has 10 N–H and O–H groups in total. The van der Waals surface area contributed by atoms with Crippen molar-refractivity contribution in [2.45, 2.75) is 51.7 Å². The van der Waals surface area contributed by atoms with Gasteiger partial charge in [-0.05, 0) is 56.8 Å². The van der Waals surface area contributed by atoms with Crippen LogP contribution >= 0.6 is 0 Å². The Kier molecular flexibility index (Phi) is 9.77. The first-order valence-corrected chi connectivity index (χ1v) is 15.3. The van der Waals surface area contributed by atoms with Crippen molar-refractivity contribution in [1.82, 2.24) is 4.90 Å². The van der Waals surface area contributed by atoms with Crippen molar-refractivity contribution in [2.24, 2.45) is 23.5 Å². The van der Waals surface area contributed by atoms with E-state index in [-0.39, 0.29) is 35.4 Å². The number of ketones is 2. The van der Waals surface area contributed by atoms with Gasteiger partial charge in [-0.3, -0.25) is 28.4 Å². The van der Waals surface area contributed by atoms with Crippen LogP contribution in [0.3, 0.4) is 0 Å². The number of aliphatic hydroxyl groups excluding tert-OH is 2. The number of rotatable bonds is 7. The Hall–Kier alpha value is -3.70. The first-order valence-electron chi connectivity index (χ1n) is 13.9. The van der Waals surface area contributed by atoms with E-state index in [0.717, 1.165) is 12.1 Å². The molecule has 0 radical (unpaired) electrons. The Labute approximate surface area is 255 Å². The van der Waals surface area contributed by atoms with Gasteiger partial charge >= 0.3 is 10.4 Å². The summed E-state index contributed by atoms with van der Waals surface area (Å²) in [5.41, 5.74) is 9.20. The second-order valence-corrected chi connectivity index (χ2v) is 12.8. The average Bonchev–Trinajstić information content (AvgIpc) is 2.86. The van der Waals surface area contributed by atoms with Crippen molar-refractivity contribution in [1.29, 1.82) is 0 Å². The van der Waals surface area contributed by atoms with Gasteiger partial charge < -0.3 is 36.8 Å². The highest BCUT2D eigenvalue weighted by Crippen LogP contribution is 2.54. The van der Waals surface area contributed by atoms with Crippen LogP contribution in [0.4, 0.5) is 11.4 Å². The van der Waals surface area contributed by atoms with Crippen molar-refractivity contribution in [2.75, 3.05) is 37.8 Å². The largest absolute Gasteiger partial charge is 0.508 e. The summed E-state index contributed by atoms with van der Waals surface area (Å²) in [6, 6.07) is 0.547. The molecule has 15 nitrogen and oxygen atoms in total. The Bertz CT molecular complexity index is 1540. The maximum atomic E-state index is 14.0. The lowest BCUT2D eigenvalue weighted by atomic mass is 9.57. The average molecular weight is 641 g/mol. The monoisotopic (exact) mass is 640 g/mol. The minimum absolute atomic E-state index is 0.00569. The Morgan fingerprint density at radius 1 is 1.16 bits per heavy atom. The van der Waals surface area contributed by atoms with Crippen LogP contribution in [0, 0.1) is 17.8 Å². The number of nitrogens with zero attached hydrogens (tertiary/aromatic N) is 2. The van der Waals surface area contributed by atoms with Crippen LogP contribution in [0.2, 0.25) is 0 Å². The van der Waals surface area contributed by atoms with E-state index in [1.54, 1.807) is 20.2 Å². The van der Waals surface area contributed by atoms with Crippen LogP contribution < -0.4 is 16.4 Å². The first kappa shape index (κ1) is 34.8. The second-order valence-electron chi connectivity index (χ2n) is 11.9. The van der Waals surface area contributed by atoms with Crippen LogP contribution in [0.15, 0.2) is 23.0 Å². The molecule has 16 heteroatoms. The summed E-state index contributed by atoms with van der Waals surface area (Å²) in [5, 5.41) is 45.1. The number of amides is 1. The molecular weight excluding hydrogens is 600 g/mol. The molecule has 1 aromatic carbocycles. The first-order chi connectivity index (χ1) is 20.2. The summed E-state index contributed by atoms with van der Waals surface area (Å²) in [6.45, 7) is 7.60. The number of nitrogen functional groups attached to an aromatic ring is 1. The molecule has 244 valence electrons. The highest BCUT2D eigenvalue weighted by Gasteiger charge is 2.64. The van der Waals surface area contributed by atoms with E-state index >= 15 is 0 Å². The smallest absolute Gasteiger partial charge is 0.394 e. The van der Waals surface area contributed by atoms with E-state index < -0.39 is 68.4 Å². The fourth-order valence-corrected chi connectivity index (χ4v) is 6.62. The normalized spacial score (nSPS) is 24.9. The molecule has 3 aliphatic rings. The van der Waals surface area contributed by atoms with E-state index in [9.17, 15) is 34.8 Å². The standard InChI is InChI=1S/C28H38N4O7.H2O4S/c1-6-7-32(11-12(2)3)17-10-16(29)22(33)19-14(17)8-13-9-15-21(31(4)5)24(35)20(27(30)38)26(37)28(15,39)25(36)18(13)23(19)34;1-5(2,3)4/h10,12-13,15,21,33-34,37,39H,6-9,11,29H2,1-5H3,(H2,30,38);(H2,1,2,3,4)/t13?,15?,21-,28-;/m0./s1. The molecule has 0 aromatic heterocycles. The number of anilines is 2. The molecule has 3 aliphatic carbocycles. The van der Waals surface area contributed by atoms with Gasteiger partial charge in [0, 0.05) is 30.3 Å². The molecular formula is C28H40N4O11S. The van der Waals surface area contributed by atoms with E-state index in [4.69, 9.17) is 29.0 Å². The highest BCUT2D eigenvalue weighted by molar-refractivity contribution is 7.79. The van der Waals surface area contributed by atoms with Crippen molar-refractivity contribution in [3.63, 3.8) is 0 Å². The molecule has 0 heterocycles. The van der Waals surface area contributed by atoms with Gasteiger partial charge in [0.05, 0.1) is 17.3 Å². The molecule has 1 saturated carbocycles. The number of primary amides is 1. The van der Waals surface area contributed by atoms with Crippen molar-refractivity contribution in [3.8, 4) is 5.75 Å². The third-order valence-electron chi connectivity index (χ3n) is 8.15. The number of Topliss-reactive ketones (excluding diaryl/α,β-unsaturated/α-hetero) is 2. The number of aromatic hydroxyl groups is 1. The van der Waals surface area contributed by atoms with Crippen molar-refractivity contribution >= 4 is 45.0 Å².